The molecule has 5 heteroatoms. The molecule has 0 fully saturated rings. The van der Waals surface area contributed by atoms with Gasteiger partial charge in [-0.1, -0.05) is 11.6 Å². The van der Waals surface area contributed by atoms with Crippen molar-refractivity contribution in [3.05, 3.63) is 47.8 Å². The number of rotatable bonds is 1. The maximum atomic E-state index is 12.9. The highest BCUT2D eigenvalue weighted by atomic mass is 19.4. The lowest BCUT2D eigenvalue weighted by Crippen LogP contribution is -2.08. The summed E-state index contributed by atoms with van der Waals surface area (Å²) in [4.78, 5) is 3.75. The second-order valence-electron chi connectivity index (χ2n) is 4.01. The van der Waals surface area contributed by atoms with Crippen molar-refractivity contribution in [2.45, 2.75) is 13.1 Å². The Labute approximate surface area is 102 Å². The van der Waals surface area contributed by atoms with E-state index in [0.29, 0.717) is 11.3 Å². The molecule has 2 N–H and O–H groups in total. The van der Waals surface area contributed by atoms with E-state index in [4.69, 9.17) is 5.73 Å². The largest absolute Gasteiger partial charge is 0.417 e. The molecule has 1 heterocycles. The number of nitrogen functional groups attached to an aromatic ring is 1. The number of hydrogen-bond donors (Lipinski definition) is 1. The first-order valence-corrected chi connectivity index (χ1v) is 5.27. The summed E-state index contributed by atoms with van der Waals surface area (Å²) in [6.07, 6.45) is -2.11. The van der Waals surface area contributed by atoms with Crippen LogP contribution < -0.4 is 5.73 Å². The van der Waals surface area contributed by atoms with E-state index >= 15 is 0 Å². The van der Waals surface area contributed by atoms with Crippen LogP contribution in [0.5, 0.6) is 0 Å². The Morgan fingerprint density at radius 1 is 1.11 bits per heavy atom. The van der Waals surface area contributed by atoms with Gasteiger partial charge in [-0.25, -0.2) is 0 Å². The number of alkyl halides is 3. The molecule has 94 valence electrons. The number of nitrogens with two attached hydrogens (primary N) is 1. The predicted octanol–water partition coefficient (Wildman–Crippen LogP) is 3.66. The number of nitrogens with zero attached hydrogens (tertiary/aromatic N) is 1. The Balaban J connectivity index is 2.68. The van der Waals surface area contributed by atoms with Crippen LogP contribution in [-0.2, 0) is 6.18 Å². The normalized spacial score (nSPS) is 11.6. The fourth-order valence-corrected chi connectivity index (χ4v) is 1.76. The van der Waals surface area contributed by atoms with Crippen LogP contribution in [0.3, 0.4) is 0 Å². The van der Waals surface area contributed by atoms with Crippen LogP contribution in [0.15, 0.2) is 36.7 Å². The molecule has 0 bridgehead atoms. The summed E-state index contributed by atoms with van der Waals surface area (Å²) in [7, 11) is 0. The van der Waals surface area contributed by atoms with Crippen molar-refractivity contribution in [2.75, 3.05) is 5.73 Å². The number of halogens is 3. The Hall–Kier alpha value is -2.04. The maximum Gasteiger partial charge on any atom is 0.417 e. The Morgan fingerprint density at radius 2 is 1.83 bits per heavy atom. The molecule has 2 aromatic rings. The molecule has 0 spiro atoms. The molecule has 0 aliphatic rings. The summed E-state index contributed by atoms with van der Waals surface area (Å²) in [5.41, 5.74) is 6.52. The molecule has 0 unspecified atom stereocenters. The fourth-order valence-electron chi connectivity index (χ4n) is 1.76. The van der Waals surface area contributed by atoms with Gasteiger partial charge >= 0.3 is 6.18 Å². The first kappa shape index (κ1) is 12.4. The standard InChI is InChI=1S/C13H11F3N2/c1-8-2-3-12(17)9(6-8)10-7-18-5-4-11(10)13(14,15)16/h2-7H,17H2,1H3. The van der Waals surface area contributed by atoms with Crippen molar-refractivity contribution in [3.63, 3.8) is 0 Å². The SMILES string of the molecule is Cc1ccc(N)c(-c2cnccc2C(F)(F)F)c1. The highest BCUT2D eigenvalue weighted by molar-refractivity contribution is 5.78. The summed E-state index contributed by atoms with van der Waals surface area (Å²) < 4.78 is 38.7. The van der Waals surface area contributed by atoms with Crippen LogP contribution in [0.1, 0.15) is 11.1 Å². The average Bonchev–Trinajstić information content (AvgIpc) is 2.31. The third-order valence-electron chi connectivity index (χ3n) is 2.63. The lowest BCUT2D eigenvalue weighted by atomic mass is 9.98. The van der Waals surface area contributed by atoms with Gasteiger partial charge in [-0.15, -0.1) is 0 Å². The van der Waals surface area contributed by atoms with Crippen LogP contribution in [0, 0.1) is 6.92 Å². The van der Waals surface area contributed by atoms with Crippen LogP contribution in [-0.4, -0.2) is 4.98 Å². The number of aromatic nitrogens is 1. The van der Waals surface area contributed by atoms with Crippen LogP contribution in [0.4, 0.5) is 18.9 Å². The topological polar surface area (TPSA) is 38.9 Å². The Bertz CT molecular complexity index is 577. The quantitative estimate of drug-likeness (QED) is 0.786. The van der Waals surface area contributed by atoms with Crippen molar-refractivity contribution in [2.24, 2.45) is 0 Å². The number of anilines is 1. The molecular weight excluding hydrogens is 241 g/mol. The van der Waals surface area contributed by atoms with Crippen LogP contribution in [0.25, 0.3) is 11.1 Å². The van der Waals surface area contributed by atoms with Crippen molar-refractivity contribution >= 4 is 5.69 Å². The molecule has 0 aliphatic carbocycles. The highest BCUT2D eigenvalue weighted by Gasteiger charge is 2.33. The number of benzene rings is 1. The Morgan fingerprint density at radius 3 is 2.50 bits per heavy atom. The molecule has 0 atom stereocenters. The second kappa shape index (κ2) is 4.33. The molecule has 2 rings (SSSR count). The molecule has 0 saturated heterocycles. The van der Waals surface area contributed by atoms with Gasteiger partial charge in [-0.05, 0) is 25.1 Å². The van der Waals surface area contributed by atoms with Gasteiger partial charge in [0.1, 0.15) is 0 Å². The van der Waals surface area contributed by atoms with Crippen molar-refractivity contribution in [3.8, 4) is 11.1 Å². The predicted molar refractivity (Wildman–Crippen MR) is 63.8 cm³/mol. The minimum atomic E-state index is -4.42. The van der Waals surface area contributed by atoms with Crippen molar-refractivity contribution in [1.29, 1.82) is 0 Å². The number of aryl methyl sites for hydroxylation is 1. The van der Waals surface area contributed by atoms with Crippen LogP contribution >= 0.6 is 0 Å². The van der Waals surface area contributed by atoms with Crippen molar-refractivity contribution < 1.29 is 13.2 Å². The molecule has 0 aliphatic heterocycles. The van der Waals surface area contributed by atoms with E-state index in [-0.39, 0.29) is 5.56 Å². The molecule has 1 aromatic heterocycles. The Kier molecular flexibility index (Phi) is 2.98. The van der Waals surface area contributed by atoms with E-state index in [1.54, 1.807) is 25.1 Å². The number of pyridine rings is 1. The lowest BCUT2D eigenvalue weighted by Gasteiger charge is -2.14. The van der Waals surface area contributed by atoms with Crippen LogP contribution in [0.2, 0.25) is 0 Å². The average molecular weight is 252 g/mol. The lowest BCUT2D eigenvalue weighted by molar-refractivity contribution is -0.137. The maximum absolute atomic E-state index is 12.9. The minimum absolute atomic E-state index is 0.00574. The van der Waals surface area contributed by atoms with E-state index in [2.05, 4.69) is 4.98 Å². The molecule has 18 heavy (non-hydrogen) atoms. The van der Waals surface area contributed by atoms with E-state index in [1.807, 2.05) is 0 Å². The highest BCUT2D eigenvalue weighted by Crippen LogP contribution is 2.38. The first-order chi connectivity index (χ1) is 8.39. The molecule has 0 saturated carbocycles. The van der Waals surface area contributed by atoms with Gasteiger partial charge in [-0.2, -0.15) is 13.2 Å². The van der Waals surface area contributed by atoms with Crippen molar-refractivity contribution in [1.82, 2.24) is 4.98 Å². The minimum Gasteiger partial charge on any atom is -0.398 e. The zero-order valence-corrected chi connectivity index (χ0v) is 9.62. The smallest absolute Gasteiger partial charge is 0.398 e. The molecule has 0 amide bonds. The third-order valence-corrected chi connectivity index (χ3v) is 2.63. The molecule has 2 nitrogen and oxygen atoms in total. The summed E-state index contributed by atoms with van der Waals surface area (Å²) in [5.74, 6) is 0. The van der Waals surface area contributed by atoms with Gasteiger partial charge in [-0.3, -0.25) is 4.98 Å². The van der Waals surface area contributed by atoms with Gasteiger partial charge < -0.3 is 5.73 Å². The van der Waals surface area contributed by atoms with E-state index in [1.165, 1.54) is 6.20 Å². The number of hydrogen-bond acceptors (Lipinski definition) is 2. The summed E-state index contributed by atoms with van der Waals surface area (Å²) in [6, 6.07) is 5.93. The van der Waals surface area contributed by atoms with E-state index in [9.17, 15) is 13.2 Å². The molecule has 1 aromatic carbocycles. The second-order valence-corrected chi connectivity index (χ2v) is 4.01. The first-order valence-electron chi connectivity index (χ1n) is 5.27. The van der Waals surface area contributed by atoms with E-state index < -0.39 is 11.7 Å². The fraction of sp³-hybridized carbons (Fsp3) is 0.154. The van der Waals surface area contributed by atoms with Gasteiger partial charge in [0.2, 0.25) is 0 Å². The monoisotopic (exact) mass is 252 g/mol. The van der Waals surface area contributed by atoms with Gasteiger partial charge in [0.05, 0.1) is 5.56 Å². The van der Waals surface area contributed by atoms with E-state index in [0.717, 1.165) is 17.8 Å². The summed E-state index contributed by atoms with van der Waals surface area (Å²) >= 11 is 0. The van der Waals surface area contributed by atoms with Gasteiger partial charge in [0, 0.05) is 29.2 Å². The summed E-state index contributed by atoms with van der Waals surface area (Å²) in [6.45, 7) is 1.80. The molecule has 0 radical (unpaired) electrons. The molecular formula is C13H11F3N2. The third kappa shape index (κ3) is 2.30. The zero-order chi connectivity index (χ0) is 13.3. The summed E-state index contributed by atoms with van der Waals surface area (Å²) in [5, 5.41) is 0. The van der Waals surface area contributed by atoms with Gasteiger partial charge in [0.15, 0.2) is 0 Å². The zero-order valence-electron chi connectivity index (χ0n) is 9.62. The van der Waals surface area contributed by atoms with Gasteiger partial charge in [0.25, 0.3) is 0 Å².